The fourth-order valence-corrected chi connectivity index (χ4v) is 5.31. The predicted molar refractivity (Wildman–Crippen MR) is 126 cm³/mol. The summed E-state index contributed by atoms with van der Waals surface area (Å²) >= 11 is 3.73. The maximum atomic E-state index is 5.20. The van der Waals surface area contributed by atoms with Gasteiger partial charge in [-0.15, -0.1) is 0 Å². The van der Waals surface area contributed by atoms with Crippen molar-refractivity contribution in [3.05, 3.63) is 75.9 Å². The van der Waals surface area contributed by atoms with Gasteiger partial charge in [0.15, 0.2) is 0 Å². The van der Waals surface area contributed by atoms with Crippen LogP contribution in [0.2, 0.25) is 0 Å². The van der Waals surface area contributed by atoms with Crippen molar-refractivity contribution in [2.24, 2.45) is 0 Å². The number of hydrogen-bond donors (Lipinski definition) is 1. The normalized spacial score (nSPS) is 17.9. The van der Waals surface area contributed by atoms with E-state index in [9.17, 15) is 0 Å². The summed E-state index contributed by atoms with van der Waals surface area (Å²) in [7, 11) is 0. The average molecular weight is 465 g/mol. The topological polar surface area (TPSA) is 33.1 Å². The number of aromatic nitrogens is 2. The minimum absolute atomic E-state index is 0.550. The molecule has 3 aromatic rings. The van der Waals surface area contributed by atoms with Crippen LogP contribution < -0.4 is 5.32 Å². The summed E-state index contributed by atoms with van der Waals surface area (Å²) in [4.78, 5) is 2.59. The van der Waals surface area contributed by atoms with Gasteiger partial charge >= 0.3 is 0 Å². The van der Waals surface area contributed by atoms with Crippen LogP contribution in [0.5, 0.6) is 0 Å². The van der Waals surface area contributed by atoms with Gasteiger partial charge in [-0.3, -0.25) is 4.90 Å². The molecule has 1 N–H and O–H groups in total. The molecule has 5 heteroatoms. The summed E-state index contributed by atoms with van der Waals surface area (Å²) in [5, 5.41) is 8.89. The van der Waals surface area contributed by atoms with Crippen molar-refractivity contribution in [1.82, 2.24) is 14.7 Å². The fraction of sp³-hybridized carbons (Fsp3) is 0.400. The Morgan fingerprint density at radius 1 is 0.967 bits per heavy atom. The molecule has 2 aromatic carbocycles. The lowest BCUT2D eigenvalue weighted by Crippen LogP contribution is -2.32. The molecule has 0 unspecified atom stereocenters. The Morgan fingerprint density at radius 3 is 2.53 bits per heavy atom. The van der Waals surface area contributed by atoms with Crippen molar-refractivity contribution < 1.29 is 0 Å². The van der Waals surface area contributed by atoms with Gasteiger partial charge in [-0.2, -0.15) is 5.10 Å². The number of para-hydroxylation sites is 1. The van der Waals surface area contributed by atoms with Gasteiger partial charge in [-0.1, -0.05) is 42.5 Å². The van der Waals surface area contributed by atoms with Crippen LogP contribution in [0.15, 0.2) is 59.1 Å². The molecule has 0 atom stereocenters. The van der Waals surface area contributed by atoms with Crippen LogP contribution in [0.3, 0.4) is 0 Å². The van der Waals surface area contributed by atoms with Gasteiger partial charge in [-0.05, 0) is 78.8 Å². The zero-order valence-corrected chi connectivity index (χ0v) is 18.9. The first-order valence-corrected chi connectivity index (χ1v) is 12.0. The molecule has 3 heterocycles. The quantitative estimate of drug-likeness (QED) is 0.532. The number of fused-ring (bicyclic) bond motifs is 1. The first kappa shape index (κ1) is 19.8. The van der Waals surface area contributed by atoms with E-state index in [0.29, 0.717) is 5.92 Å². The second-order valence-corrected chi connectivity index (χ2v) is 9.35. The van der Waals surface area contributed by atoms with Gasteiger partial charge in [-0.25, -0.2) is 4.68 Å². The molecule has 0 amide bonds. The summed E-state index contributed by atoms with van der Waals surface area (Å²) in [5.74, 6) is 1.76. The zero-order valence-electron chi connectivity index (χ0n) is 17.4. The lowest BCUT2D eigenvalue weighted by atomic mass is 9.90. The number of rotatable bonds is 4. The smallest absolute Gasteiger partial charge is 0.133 e. The van der Waals surface area contributed by atoms with Gasteiger partial charge < -0.3 is 5.32 Å². The maximum absolute atomic E-state index is 5.20. The number of benzene rings is 2. The van der Waals surface area contributed by atoms with E-state index in [1.807, 2.05) is 0 Å². The molecular formula is C25H29BrN4. The monoisotopic (exact) mass is 464 g/mol. The lowest BCUT2D eigenvalue weighted by Gasteiger charge is -2.31. The minimum Gasteiger partial charge on any atom is -0.370 e. The molecule has 2 aliphatic heterocycles. The average Bonchev–Trinajstić information content (AvgIpc) is 2.96. The van der Waals surface area contributed by atoms with Gasteiger partial charge in [0, 0.05) is 29.0 Å². The molecule has 0 bridgehead atoms. The van der Waals surface area contributed by atoms with Gasteiger partial charge in [0.25, 0.3) is 0 Å². The van der Waals surface area contributed by atoms with E-state index < -0.39 is 0 Å². The van der Waals surface area contributed by atoms with Crippen LogP contribution in [0, 0.1) is 0 Å². The van der Waals surface area contributed by atoms with Crippen LogP contribution in [-0.4, -0.2) is 34.3 Å². The Kier molecular flexibility index (Phi) is 5.91. The number of hydrogen-bond acceptors (Lipinski definition) is 3. The largest absolute Gasteiger partial charge is 0.370 e. The standard InChI is InChI=1S/C25H29BrN4/c26-22-11-4-5-12-23(22)30-25-21(10-6-7-15-27-25)24(28-30)20-13-16-29(17-14-20)18-19-8-2-1-3-9-19/h1-5,8-9,11-12,20,27H,6-7,10,13-18H2. The van der Waals surface area contributed by atoms with E-state index in [1.54, 1.807) is 0 Å². The van der Waals surface area contributed by atoms with E-state index in [4.69, 9.17) is 5.10 Å². The Hall–Kier alpha value is -2.11. The van der Waals surface area contributed by atoms with E-state index in [-0.39, 0.29) is 0 Å². The predicted octanol–water partition coefficient (Wildman–Crippen LogP) is 5.76. The first-order chi connectivity index (χ1) is 14.8. The van der Waals surface area contributed by atoms with E-state index in [2.05, 4.69) is 85.4 Å². The van der Waals surface area contributed by atoms with Crippen molar-refractivity contribution in [2.75, 3.05) is 25.0 Å². The molecule has 30 heavy (non-hydrogen) atoms. The van der Waals surface area contributed by atoms with E-state index >= 15 is 0 Å². The Morgan fingerprint density at radius 2 is 1.73 bits per heavy atom. The highest BCUT2D eigenvalue weighted by atomic mass is 79.9. The molecule has 0 aliphatic carbocycles. The fourth-order valence-electron chi connectivity index (χ4n) is 4.86. The summed E-state index contributed by atoms with van der Waals surface area (Å²) in [6.45, 7) is 4.37. The molecule has 1 aromatic heterocycles. The van der Waals surface area contributed by atoms with Crippen molar-refractivity contribution in [3.8, 4) is 5.69 Å². The maximum Gasteiger partial charge on any atom is 0.133 e. The van der Waals surface area contributed by atoms with Gasteiger partial charge in [0.1, 0.15) is 5.82 Å². The lowest BCUT2D eigenvalue weighted by molar-refractivity contribution is 0.203. The molecule has 4 nitrogen and oxygen atoms in total. The highest BCUT2D eigenvalue weighted by Crippen LogP contribution is 2.37. The van der Waals surface area contributed by atoms with Crippen molar-refractivity contribution in [2.45, 2.75) is 44.6 Å². The van der Waals surface area contributed by atoms with E-state index in [0.717, 1.165) is 42.8 Å². The summed E-state index contributed by atoms with van der Waals surface area (Å²) in [5.41, 5.74) is 5.31. The number of halogens is 1. The number of likely N-dealkylation sites (tertiary alicyclic amines) is 1. The van der Waals surface area contributed by atoms with Crippen LogP contribution in [0.25, 0.3) is 5.69 Å². The number of nitrogens with one attached hydrogen (secondary N) is 1. The third-order valence-electron chi connectivity index (χ3n) is 6.46. The molecule has 1 fully saturated rings. The Balaban J connectivity index is 1.39. The van der Waals surface area contributed by atoms with Gasteiger partial charge in [0.2, 0.25) is 0 Å². The van der Waals surface area contributed by atoms with Crippen LogP contribution >= 0.6 is 15.9 Å². The van der Waals surface area contributed by atoms with Crippen molar-refractivity contribution >= 4 is 21.7 Å². The molecule has 0 radical (unpaired) electrons. The third-order valence-corrected chi connectivity index (χ3v) is 7.14. The van der Waals surface area contributed by atoms with E-state index in [1.165, 1.54) is 48.3 Å². The molecular weight excluding hydrogens is 436 g/mol. The molecule has 0 spiro atoms. The SMILES string of the molecule is Brc1ccccc1-n1nc(C2CCN(Cc3ccccc3)CC2)c2c1NCCCC2. The number of nitrogens with zero attached hydrogens (tertiary/aromatic N) is 3. The van der Waals surface area contributed by atoms with Crippen LogP contribution in [0.1, 0.15) is 48.4 Å². The van der Waals surface area contributed by atoms with Crippen LogP contribution in [-0.2, 0) is 13.0 Å². The third kappa shape index (κ3) is 4.06. The first-order valence-electron chi connectivity index (χ1n) is 11.2. The van der Waals surface area contributed by atoms with Crippen LogP contribution in [0.4, 0.5) is 5.82 Å². The summed E-state index contributed by atoms with van der Waals surface area (Å²) in [6.07, 6.45) is 5.96. The number of piperidine rings is 1. The van der Waals surface area contributed by atoms with Crippen molar-refractivity contribution in [1.29, 1.82) is 0 Å². The highest BCUT2D eigenvalue weighted by Gasteiger charge is 2.29. The van der Waals surface area contributed by atoms with Crippen molar-refractivity contribution in [3.63, 3.8) is 0 Å². The molecule has 156 valence electrons. The minimum atomic E-state index is 0.550. The Labute approximate surface area is 187 Å². The van der Waals surface area contributed by atoms with Gasteiger partial charge in [0.05, 0.1) is 11.4 Å². The zero-order chi connectivity index (χ0) is 20.3. The summed E-state index contributed by atoms with van der Waals surface area (Å²) in [6, 6.07) is 19.2. The highest BCUT2D eigenvalue weighted by molar-refractivity contribution is 9.10. The second kappa shape index (κ2) is 8.94. The number of anilines is 1. The summed E-state index contributed by atoms with van der Waals surface area (Å²) < 4.78 is 3.24. The molecule has 5 rings (SSSR count). The molecule has 0 saturated carbocycles. The molecule has 1 saturated heterocycles. The molecule has 2 aliphatic rings. The second-order valence-electron chi connectivity index (χ2n) is 8.50. The Bertz CT molecular complexity index is 990.